The van der Waals surface area contributed by atoms with Crippen LogP contribution in [0, 0.1) is 11.7 Å². The molecule has 2 aliphatic rings. The number of benzene rings is 1. The van der Waals surface area contributed by atoms with Crippen molar-refractivity contribution < 1.29 is 9.13 Å². The Morgan fingerprint density at radius 2 is 2.40 bits per heavy atom. The highest BCUT2D eigenvalue weighted by Crippen LogP contribution is 2.44. The second-order valence-electron chi connectivity index (χ2n) is 5.84. The van der Waals surface area contributed by atoms with Crippen LogP contribution in [0.5, 0.6) is 5.75 Å². The van der Waals surface area contributed by atoms with Gasteiger partial charge >= 0.3 is 0 Å². The fourth-order valence-electron chi connectivity index (χ4n) is 3.51. The van der Waals surface area contributed by atoms with Crippen LogP contribution in [0.4, 0.5) is 4.39 Å². The van der Waals surface area contributed by atoms with Gasteiger partial charge in [0, 0.05) is 25.1 Å². The fourth-order valence-corrected chi connectivity index (χ4v) is 3.51. The van der Waals surface area contributed by atoms with E-state index in [2.05, 4.69) is 15.1 Å². The molecule has 1 N–H and O–H groups in total. The lowest BCUT2D eigenvalue weighted by Crippen LogP contribution is -2.25. The number of nitrogens with one attached hydrogen (secondary N) is 1. The van der Waals surface area contributed by atoms with Crippen molar-refractivity contribution in [1.82, 2.24) is 15.1 Å². The standard InChI is InChI=1S/C15H18FN3O/c1-20-14-8-10(16)7-12-15(14)11(17-18-12)3-5-19-4-2-9-6-13(9)19/h7-9,13H,2-6H2,1H3,(H,17,18). The smallest absolute Gasteiger partial charge is 0.133 e. The number of halogens is 1. The van der Waals surface area contributed by atoms with Crippen molar-refractivity contribution in [3.05, 3.63) is 23.6 Å². The number of fused-ring (bicyclic) bond motifs is 2. The fraction of sp³-hybridized carbons (Fsp3) is 0.533. The first kappa shape index (κ1) is 12.1. The Labute approximate surface area is 116 Å². The lowest BCUT2D eigenvalue weighted by atomic mass is 10.1. The van der Waals surface area contributed by atoms with E-state index in [0.29, 0.717) is 11.3 Å². The van der Waals surface area contributed by atoms with Gasteiger partial charge in [-0.3, -0.25) is 10.00 Å². The van der Waals surface area contributed by atoms with E-state index in [0.717, 1.165) is 36.0 Å². The molecule has 1 aliphatic carbocycles. The Hall–Kier alpha value is -1.62. The highest BCUT2D eigenvalue weighted by molar-refractivity contribution is 5.87. The molecule has 1 aromatic heterocycles. The maximum Gasteiger partial charge on any atom is 0.133 e. The van der Waals surface area contributed by atoms with Gasteiger partial charge < -0.3 is 4.74 Å². The first-order chi connectivity index (χ1) is 9.76. The van der Waals surface area contributed by atoms with E-state index in [4.69, 9.17) is 4.74 Å². The topological polar surface area (TPSA) is 41.1 Å². The lowest BCUT2D eigenvalue weighted by Gasteiger charge is -2.16. The van der Waals surface area contributed by atoms with E-state index in [1.165, 1.54) is 31.5 Å². The zero-order chi connectivity index (χ0) is 13.7. The van der Waals surface area contributed by atoms with Crippen molar-refractivity contribution in [3.8, 4) is 5.75 Å². The summed E-state index contributed by atoms with van der Waals surface area (Å²) in [6, 6.07) is 3.72. The van der Waals surface area contributed by atoms with Crippen molar-refractivity contribution in [2.24, 2.45) is 5.92 Å². The summed E-state index contributed by atoms with van der Waals surface area (Å²) in [4.78, 5) is 2.56. The Balaban J connectivity index is 1.59. The van der Waals surface area contributed by atoms with E-state index in [-0.39, 0.29) is 5.82 Å². The molecule has 0 amide bonds. The van der Waals surface area contributed by atoms with Crippen molar-refractivity contribution in [1.29, 1.82) is 0 Å². The number of piperidine rings is 1. The molecule has 1 aromatic carbocycles. The van der Waals surface area contributed by atoms with E-state index >= 15 is 0 Å². The number of ether oxygens (including phenoxy) is 1. The van der Waals surface area contributed by atoms with Crippen LogP contribution < -0.4 is 4.74 Å². The molecule has 4 nitrogen and oxygen atoms in total. The maximum absolute atomic E-state index is 13.4. The molecule has 1 saturated carbocycles. The van der Waals surface area contributed by atoms with Crippen molar-refractivity contribution in [2.75, 3.05) is 20.2 Å². The largest absolute Gasteiger partial charge is 0.496 e. The summed E-state index contributed by atoms with van der Waals surface area (Å²) in [5.41, 5.74) is 1.68. The highest BCUT2D eigenvalue weighted by Gasteiger charge is 2.46. The average molecular weight is 275 g/mol. The minimum absolute atomic E-state index is 0.301. The molecule has 0 bridgehead atoms. The molecule has 2 atom stereocenters. The molecular weight excluding hydrogens is 257 g/mol. The number of hydrogen-bond donors (Lipinski definition) is 1. The summed E-state index contributed by atoms with van der Waals surface area (Å²) in [7, 11) is 1.57. The van der Waals surface area contributed by atoms with Crippen LogP contribution in [-0.4, -0.2) is 41.3 Å². The number of aromatic nitrogens is 2. The molecule has 5 heteroatoms. The van der Waals surface area contributed by atoms with E-state index < -0.39 is 0 Å². The predicted octanol–water partition coefficient (Wildman–Crippen LogP) is 2.35. The third-order valence-corrected chi connectivity index (χ3v) is 4.66. The summed E-state index contributed by atoms with van der Waals surface area (Å²) >= 11 is 0. The van der Waals surface area contributed by atoms with Gasteiger partial charge in [0.25, 0.3) is 0 Å². The normalized spacial score (nSPS) is 25.1. The van der Waals surface area contributed by atoms with Gasteiger partial charge in [-0.1, -0.05) is 0 Å². The van der Waals surface area contributed by atoms with Crippen LogP contribution in [0.1, 0.15) is 18.5 Å². The Morgan fingerprint density at radius 3 is 3.10 bits per heavy atom. The van der Waals surface area contributed by atoms with Crippen LogP contribution >= 0.6 is 0 Å². The quantitative estimate of drug-likeness (QED) is 0.931. The summed E-state index contributed by atoms with van der Waals surface area (Å²) in [6.45, 7) is 2.24. The van der Waals surface area contributed by atoms with Gasteiger partial charge in [0.15, 0.2) is 0 Å². The van der Waals surface area contributed by atoms with Crippen LogP contribution in [0.3, 0.4) is 0 Å². The summed E-state index contributed by atoms with van der Waals surface area (Å²) in [5.74, 6) is 1.22. The van der Waals surface area contributed by atoms with Gasteiger partial charge in [0.1, 0.15) is 11.6 Å². The number of likely N-dealkylation sites (tertiary alicyclic amines) is 1. The van der Waals surface area contributed by atoms with Gasteiger partial charge in [-0.15, -0.1) is 0 Å². The average Bonchev–Trinajstić information content (AvgIpc) is 2.94. The van der Waals surface area contributed by atoms with Gasteiger partial charge in [-0.05, 0) is 31.4 Å². The molecule has 4 rings (SSSR count). The highest BCUT2D eigenvalue weighted by atomic mass is 19.1. The van der Waals surface area contributed by atoms with Gasteiger partial charge in [-0.2, -0.15) is 5.10 Å². The summed E-state index contributed by atoms with van der Waals surface area (Å²) < 4.78 is 18.7. The predicted molar refractivity (Wildman–Crippen MR) is 74.4 cm³/mol. The molecule has 106 valence electrons. The Morgan fingerprint density at radius 1 is 1.50 bits per heavy atom. The van der Waals surface area contributed by atoms with Gasteiger partial charge in [0.2, 0.25) is 0 Å². The summed E-state index contributed by atoms with van der Waals surface area (Å²) in [5, 5.41) is 8.18. The van der Waals surface area contributed by atoms with Crippen molar-refractivity contribution in [3.63, 3.8) is 0 Å². The molecular formula is C15H18FN3O. The molecule has 2 fully saturated rings. The Bertz CT molecular complexity index is 654. The second kappa shape index (κ2) is 4.45. The van der Waals surface area contributed by atoms with Crippen LogP contribution in [0.15, 0.2) is 12.1 Å². The minimum atomic E-state index is -0.301. The molecule has 1 saturated heterocycles. The zero-order valence-corrected chi connectivity index (χ0v) is 11.5. The van der Waals surface area contributed by atoms with Crippen molar-refractivity contribution >= 4 is 10.9 Å². The third-order valence-electron chi connectivity index (χ3n) is 4.66. The maximum atomic E-state index is 13.4. The lowest BCUT2D eigenvalue weighted by molar-refractivity contribution is 0.303. The SMILES string of the molecule is COc1cc(F)cc2[nH]nc(CCN3CCC4CC43)c12. The molecule has 0 spiro atoms. The third kappa shape index (κ3) is 1.88. The monoisotopic (exact) mass is 275 g/mol. The number of methoxy groups -OCH3 is 1. The van der Waals surface area contributed by atoms with E-state index in [9.17, 15) is 4.39 Å². The molecule has 20 heavy (non-hydrogen) atoms. The van der Waals surface area contributed by atoms with Gasteiger partial charge in [0.05, 0.1) is 23.7 Å². The molecule has 1 aliphatic heterocycles. The number of nitrogens with zero attached hydrogens (tertiary/aromatic N) is 2. The number of hydrogen-bond acceptors (Lipinski definition) is 3. The molecule has 2 heterocycles. The van der Waals surface area contributed by atoms with Crippen molar-refractivity contribution in [2.45, 2.75) is 25.3 Å². The van der Waals surface area contributed by atoms with E-state index in [1.54, 1.807) is 7.11 Å². The van der Waals surface area contributed by atoms with Crippen LogP contribution in [0.2, 0.25) is 0 Å². The first-order valence-corrected chi connectivity index (χ1v) is 7.21. The van der Waals surface area contributed by atoms with Crippen LogP contribution in [0.25, 0.3) is 10.9 Å². The molecule has 0 radical (unpaired) electrons. The summed E-state index contributed by atoms with van der Waals surface area (Å²) in [6.07, 6.45) is 3.60. The number of H-pyrrole nitrogens is 1. The van der Waals surface area contributed by atoms with Crippen LogP contribution in [-0.2, 0) is 6.42 Å². The minimum Gasteiger partial charge on any atom is -0.496 e. The van der Waals surface area contributed by atoms with Gasteiger partial charge in [-0.25, -0.2) is 4.39 Å². The molecule has 2 aromatic rings. The second-order valence-corrected chi connectivity index (χ2v) is 5.84. The molecule has 2 unspecified atom stereocenters. The zero-order valence-electron chi connectivity index (χ0n) is 11.5. The number of aromatic amines is 1. The van der Waals surface area contributed by atoms with E-state index in [1.807, 2.05) is 0 Å². The number of rotatable bonds is 4. The Kier molecular flexibility index (Phi) is 2.70. The first-order valence-electron chi connectivity index (χ1n) is 7.21.